The topological polar surface area (TPSA) is 68.2 Å². The van der Waals surface area contributed by atoms with Gasteiger partial charge in [0.05, 0.1) is 19.8 Å². The molecule has 1 saturated heterocycles. The monoisotopic (exact) mass is 346 g/mol. The number of hydrogen-bond donors (Lipinski definition) is 2. The van der Waals surface area contributed by atoms with Gasteiger partial charge in [0, 0.05) is 6.61 Å². The molecule has 1 fully saturated rings. The van der Waals surface area contributed by atoms with Crippen LogP contribution < -0.4 is 0 Å². The van der Waals surface area contributed by atoms with E-state index in [2.05, 4.69) is 24.3 Å². The Hall–Kier alpha value is -1.50. The lowest BCUT2D eigenvalue weighted by Gasteiger charge is -2.25. The second-order valence-electron chi connectivity index (χ2n) is 6.46. The fraction of sp³-hybridized carbons (Fsp3) is 0.500. The highest BCUT2D eigenvalue weighted by molar-refractivity contribution is 5.82. The van der Waals surface area contributed by atoms with Gasteiger partial charge in [-0.1, -0.05) is 36.4 Å². The third-order valence-corrected chi connectivity index (χ3v) is 4.41. The van der Waals surface area contributed by atoms with Crippen molar-refractivity contribution >= 4 is 10.8 Å². The van der Waals surface area contributed by atoms with E-state index in [9.17, 15) is 10.2 Å². The highest BCUT2D eigenvalue weighted by atomic mass is 16.7. The van der Waals surface area contributed by atoms with Gasteiger partial charge in [-0.25, -0.2) is 0 Å². The molecule has 1 aliphatic rings. The molecule has 0 spiro atoms. The van der Waals surface area contributed by atoms with Crippen molar-refractivity contribution in [1.82, 2.24) is 0 Å². The van der Waals surface area contributed by atoms with Crippen LogP contribution in [0.15, 0.2) is 42.5 Å². The SMILES string of the molecule is O[C@H](COCc1ccc2ccccc2c1)[C@@H](O)COC1CCCCO1. The molecular weight excluding hydrogens is 320 g/mol. The number of ether oxygens (including phenoxy) is 3. The van der Waals surface area contributed by atoms with Crippen LogP contribution in [0.1, 0.15) is 24.8 Å². The van der Waals surface area contributed by atoms with Crippen molar-refractivity contribution in [3.8, 4) is 0 Å². The maximum Gasteiger partial charge on any atom is 0.157 e. The molecule has 3 atom stereocenters. The van der Waals surface area contributed by atoms with Gasteiger partial charge in [0.25, 0.3) is 0 Å². The second kappa shape index (κ2) is 9.27. The molecule has 136 valence electrons. The first-order chi connectivity index (χ1) is 12.2. The first-order valence-corrected chi connectivity index (χ1v) is 8.87. The summed E-state index contributed by atoms with van der Waals surface area (Å²) in [4.78, 5) is 0. The number of rotatable bonds is 8. The minimum Gasteiger partial charge on any atom is -0.388 e. The largest absolute Gasteiger partial charge is 0.388 e. The van der Waals surface area contributed by atoms with E-state index in [1.165, 1.54) is 5.39 Å². The first-order valence-electron chi connectivity index (χ1n) is 8.87. The van der Waals surface area contributed by atoms with Crippen molar-refractivity contribution < 1.29 is 24.4 Å². The summed E-state index contributed by atoms with van der Waals surface area (Å²) in [5, 5.41) is 22.3. The van der Waals surface area contributed by atoms with E-state index in [1.54, 1.807) is 0 Å². The molecule has 3 rings (SSSR count). The maximum atomic E-state index is 10.0. The van der Waals surface area contributed by atoms with Gasteiger partial charge in [0.1, 0.15) is 12.2 Å². The number of aliphatic hydroxyl groups excluding tert-OH is 2. The molecule has 1 aliphatic heterocycles. The molecule has 1 unspecified atom stereocenters. The molecule has 0 bridgehead atoms. The molecule has 2 N–H and O–H groups in total. The Bertz CT molecular complexity index is 653. The molecule has 0 aromatic heterocycles. The highest BCUT2D eigenvalue weighted by Gasteiger charge is 2.20. The molecule has 5 heteroatoms. The Kier molecular flexibility index (Phi) is 6.78. The Morgan fingerprint density at radius 1 is 1.00 bits per heavy atom. The van der Waals surface area contributed by atoms with E-state index in [-0.39, 0.29) is 19.5 Å². The van der Waals surface area contributed by atoms with Gasteiger partial charge in [0.15, 0.2) is 6.29 Å². The molecule has 0 aliphatic carbocycles. The van der Waals surface area contributed by atoms with Gasteiger partial charge < -0.3 is 24.4 Å². The van der Waals surface area contributed by atoms with Crippen molar-refractivity contribution in [3.63, 3.8) is 0 Å². The summed E-state index contributed by atoms with van der Waals surface area (Å²) in [5.41, 5.74) is 1.03. The molecular formula is C20H26O5. The number of hydrogen-bond acceptors (Lipinski definition) is 5. The lowest BCUT2D eigenvalue weighted by atomic mass is 10.1. The molecule has 0 saturated carbocycles. The summed E-state index contributed by atoms with van der Waals surface area (Å²) >= 11 is 0. The maximum absolute atomic E-state index is 10.0. The van der Waals surface area contributed by atoms with Gasteiger partial charge in [-0.2, -0.15) is 0 Å². The van der Waals surface area contributed by atoms with Crippen molar-refractivity contribution in [2.24, 2.45) is 0 Å². The second-order valence-corrected chi connectivity index (χ2v) is 6.46. The van der Waals surface area contributed by atoms with Crippen LogP contribution in [0.2, 0.25) is 0 Å². The van der Waals surface area contributed by atoms with Gasteiger partial charge in [0.2, 0.25) is 0 Å². The predicted octanol–water partition coefficient (Wildman–Crippen LogP) is 2.62. The zero-order valence-electron chi connectivity index (χ0n) is 14.3. The number of benzene rings is 2. The fourth-order valence-corrected chi connectivity index (χ4v) is 2.90. The smallest absolute Gasteiger partial charge is 0.157 e. The Morgan fingerprint density at radius 3 is 2.60 bits per heavy atom. The zero-order chi connectivity index (χ0) is 17.5. The van der Waals surface area contributed by atoms with Crippen molar-refractivity contribution in [3.05, 3.63) is 48.0 Å². The minimum atomic E-state index is -0.984. The third kappa shape index (κ3) is 5.49. The van der Waals surface area contributed by atoms with Crippen LogP contribution in [0, 0.1) is 0 Å². The summed E-state index contributed by atoms with van der Waals surface area (Å²) in [7, 11) is 0. The molecule has 0 radical (unpaired) electrons. The van der Waals surface area contributed by atoms with E-state index in [1.807, 2.05) is 18.2 Å². The summed E-state index contributed by atoms with van der Waals surface area (Å²) in [6.07, 6.45) is 0.716. The molecule has 2 aromatic rings. The Balaban J connectivity index is 1.39. The van der Waals surface area contributed by atoms with Gasteiger partial charge >= 0.3 is 0 Å². The molecule has 2 aromatic carbocycles. The van der Waals surface area contributed by atoms with Crippen molar-refractivity contribution in [2.45, 2.75) is 44.4 Å². The molecule has 5 nitrogen and oxygen atoms in total. The summed E-state index contributed by atoms with van der Waals surface area (Å²) in [5.74, 6) is 0. The average molecular weight is 346 g/mol. The van der Waals surface area contributed by atoms with E-state index in [0.717, 1.165) is 30.2 Å². The van der Waals surface area contributed by atoms with Crippen molar-refractivity contribution in [1.29, 1.82) is 0 Å². The lowest BCUT2D eigenvalue weighted by molar-refractivity contribution is -0.185. The standard InChI is InChI=1S/C20H26O5/c21-18(19(22)14-25-20-7-3-4-10-24-20)13-23-12-15-8-9-16-5-1-2-6-17(16)11-15/h1-2,5-6,8-9,11,18-22H,3-4,7,10,12-14H2/t18-,19+,20?/m1/s1. The van der Waals surface area contributed by atoms with Crippen LogP contribution in [0.4, 0.5) is 0 Å². The van der Waals surface area contributed by atoms with Crippen LogP contribution in [-0.4, -0.2) is 48.5 Å². The Morgan fingerprint density at radius 2 is 1.80 bits per heavy atom. The molecule has 0 amide bonds. The quantitative estimate of drug-likeness (QED) is 0.769. The van der Waals surface area contributed by atoms with E-state index in [0.29, 0.717) is 13.2 Å². The summed E-state index contributed by atoms with van der Waals surface area (Å²) in [6.45, 7) is 1.19. The normalized spacial score (nSPS) is 20.5. The van der Waals surface area contributed by atoms with Gasteiger partial charge in [-0.15, -0.1) is 0 Å². The van der Waals surface area contributed by atoms with Crippen LogP contribution in [0.5, 0.6) is 0 Å². The van der Waals surface area contributed by atoms with E-state index in [4.69, 9.17) is 14.2 Å². The van der Waals surface area contributed by atoms with Crippen LogP contribution in [0.25, 0.3) is 10.8 Å². The predicted molar refractivity (Wildman–Crippen MR) is 95.2 cm³/mol. The number of fused-ring (bicyclic) bond motifs is 1. The van der Waals surface area contributed by atoms with Gasteiger partial charge in [-0.3, -0.25) is 0 Å². The van der Waals surface area contributed by atoms with Gasteiger partial charge in [-0.05, 0) is 41.7 Å². The third-order valence-electron chi connectivity index (χ3n) is 4.41. The summed E-state index contributed by atoms with van der Waals surface area (Å²) < 4.78 is 16.5. The minimum absolute atomic E-state index is 0.0468. The highest BCUT2D eigenvalue weighted by Crippen LogP contribution is 2.17. The van der Waals surface area contributed by atoms with E-state index < -0.39 is 12.2 Å². The zero-order valence-corrected chi connectivity index (χ0v) is 14.3. The van der Waals surface area contributed by atoms with E-state index >= 15 is 0 Å². The lowest BCUT2D eigenvalue weighted by Crippen LogP contribution is -2.36. The van der Waals surface area contributed by atoms with Crippen LogP contribution >= 0.6 is 0 Å². The fourth-order valence-electron chi connectivity index (χ4n) is 2.90. The Labute approximate surface area is 148 Å². The van der Waals surface area contributed by atoms with Crippen LogP contribution in [0.3, 0.4) is 0 Å². The average Bonchev–Trinajstić information content (AvgIpc) is 2.66. The number of aliphatic hydroxyl groups is 2. The first kappa shape index (κ1) is 18.3. The molecule has 1 heterocycles. The van der Waals surface area contributed by atoms with Crippen LogP contribution in [-0.2, 0) is 20.8 Å². The van der Waals surface area contributed by atoms with Crippen molar-refractivity contribution in [2.75, 3.05) is 19.8 Å². The molecule has 25 heavy (non-hydrogen) atoms. The summed E-state index contributed by atoms with van der Waals surface area (Å²) in [6, 6.07) is 14.3.